The Morgan fingerprint density at radius 3 is 2.47 bits per heavy atom. The van der Waals surface area contributed by atoms with Gasteiger partial charge >= 0.3 is 0 Å². The summed E-state index contributed by atoms with van der Waals surface area (Å²) in [6, 6.07) is 0. The molecule has 0 atom stereocenters. The van der Waals surface area contributed by atoms with Gasteiger partial charge in [0.15, 0.2) is 0 Å². The molecule has 1 aromatic rings. The SMILES string of the molecule is CCCNc1cncc(NCC(C)(C)C(=O)NC)n1. The maximum absolute atomic E-state index is 11.7. The zero-order valence-electron chi connectivity index (χ0n) is 12.1. The molecule has 1 rings (SSSR count). The highest BCUT2D eigenvalue weighted by Crippen LogP contribution is 2.16. The fourth-order valence-corrected chi connectivity index (χ4v) is 1.52. The van der Waals surface area contributed by atoms with Gasteiger partial charge in [0.25, 0.3) is 0 Å². The Balaban J connectivity index is 2.60. The number of nitrogens with zero attached hydrogens (tertiary/aromatic N) is 2. The molecule has 6 nitrogen and oxygen atoms in total. The number of hydrogen-bond acceptors (Lipinski definition) is 5. The van der Waals surface area contributed by atoms with Crippen LogP contribution in [0.2, 0.25) is 0 Å². The first kappa shape index (κ1) is 15.2. The third-order valence-electron chi connectivity index (χ3n) is 2.74. The lowest BCUT2D eigenvalue weighted by Gasteiger charge is -2.23. The van der Waals surface area contributed by atoms with Crippen molar-refractivity contribution in [3.63, 3.8) is 0 Å². The third kappa shape index (κ3) is 4.73. The highest BCUT2D eigenvalue weighted by molar-refractivity contribution is 5.82. The van der Waals surface area contributed by atoms with Gasteiger partial charge in [0.1, 0.15) is 11.6 Å². The number of rotatable bonds is 7. The standard InChI is InChI=1S/C13H23N5O/c1-5-6-16-10-7-15-8-11(18-10)17-9-13(2,3)12(19)14-4/h7-8H,5-6,9H2,1-4H3,(H,14,19)(H2,16,17,18). The largest absolute Gasteiger partial charge is 0.369 e. The van der Waals surface area contributed by atoms with Crippen molar-refractivity contribution in [3.05, 3.63) is 12.4 Å². The number of hydrogen-bond donors (Lipinski definition) is 3. The quantitative estimate of drug-likeness (QED) is 0.696. The first-order chi connectivity index (χ1) is 8.99. The number of aromatic nitrogens is 2. The number of amides is 1. The van der Waals surface area contributed by atoms with Crippen molar-refractivity contribution in [2.45, 2.75) is 27.2 Å². The Bertz CT molecular complexity index is 419. The van der Waals surface area contributed by atoms with Gasteiger partial charge in [-0.1, -0.05) is 6.92 Å². The summed E-state index contributed by atoms with van der Waals surface area (Å²) >= 11 is 0. The lowest BCUT2D eigenvalue weighted by Crippen LogP contribution is -2.39. The summed E-state index contributed by atoms with van der Waals surface area (Å²) in [5.74, 6) is 1.40. The number of nitrogens with one attached hydrogen (secondary N) is 3. The van der Waals surface area contributed by atoms with Gasteiger partial charge < -0.3 is 16.0 Å². The predicted molar refractivity (Wildman–Crippen MR) is 77.2 cm³/mol. The lowest BCUT2D eigenvalue weighted by molar-refractivity contribution is -0.128. The minimum Gasteiger partial charge on any atom is -0.369 e. The summed E-state index contributed by atoms with van der Waals surface area (Å²) < 4.78 is 0. The Kier molecular flexibility index (Phi) is 5.54. The zero-order valence-corrected chi connectivity index (χ0v) is 12.1. The third-order valence-corrected chi connectivity index (χ3v) is 2.74. The highest BCUT2D eigenvalue weighted by Gasteiger charge is 2.26. The molecule has 0 bridgehead atoms. The number of anilines is 2. The van der Waals surface area contributed by atoms with E-state index in [-0.39, 0.29) is 5.91 Å². The second kappa shape index (κ2) is 6.92. The molecule has 0 aliphatic heterocycles. The van der Waals surface area contributed by atoms with Crippen molar-refractivity contribution in [2.24, 2.45) is 5.41 Å². The van der Waals surface area contributed by atoms with E-state index in [4.69, 9.17) is 0 Å². The van der Waals surface area contributed by atoms with Crippen molar-refractivity contribution in [1.29, 1.82) is 0 Å². The summed E-state index contributed by atoms with van der Waals surface area (Å²) in [5, 5.41) is 8.97. The van der Waals surface area contributed by atoms with Gasteiger partial charge in [0.2, 0.25) is 5.91 Å². The normalized spacial score (nSPS) is 10.9. The first-order valence-electron chi connectivity index (χ1n) is 6.51. The molecule has 0 aliphatic rings. The van der Waals surface area contributed by atoms with Crippen molar-refractivity contribution in [3.8, 4) is 0 Å². The fraction of sp³-hybridized carbons (Fsp3) is 0.615. The Hall–Kier alpha value is -1.85. The van der Waals surface area contributed by atoms with Crippen LogP contribution >= 0.6 is 0 Å². The molecule has 1 amide bonds. The van der Waals surface area contributed by atoms with Gasteiger partial charge in [-0.2, -0.15) is 0 Å². The molecule has 3 N–H and O–H groups in total. The van der Waals surface area contributed by atoms with Gasteiger partial charge in [0, 0.05) is 20.1 Å². The van der Waals surface area contributed by atoms with Crippen LogP contribution in [0.3, 0.4) is 0 Å². The second-order valence-corrected chi connectivity index (χ2v) is 5.03. The van der Waals surface area contributed by atoms with Gasteiger partial charge in [-0.15, -0.1) is 0 Å². The van der Waals surface area contributed by atoms with E-state index in [1.54, 1.807) is 19.4 Å². The molecule has 0 aliphatic carbocycles. The molecule has 0 radical (unpaired) electrons. The molecule has 0 fully saturated rings. The molecule has 19 heavy (non-hydrogen) atoms. The van der Waals surface area contributed by atoms with Crippen LogP contribution < -0.4 is 16.0 Å². The molecule has 1 aromatic heterocycles. The van der Waals surface area contributed by atoms with Crippen LogP contribution in [0.15, 0.2) is 12.4 Å². The predicted octanol–water partition coefficient (Wildman–Crippen LogP) is 1.48. The summed E-state index contributed by atoms with van der Waals surface area (Å²) in [4.78, 5) is 20.2. The van der Waals surface area contributed by atoms with E-state index < -0.39 is 5.41 Å². The van der Waals surface area contributed by atoms with Crippen LogP contribution in [0.25, 0.3) is 0 Å². The molecule has 6 heteroatoms. The number of carbonyl (C=O) groups excluding carboxylic acids is 1. The van der Waals surface area contributed by atoms with E-state index >= 15 is 0 Å². The summed E-state index contributed by atoms with van der Waals surface area (Å²) in [5.41, 5.74) is -0.497. The summed E-state index contributed by atoms with van der Waals surface area (Å²) in [6.45, 7) is 7.21. The van der Waals surface area contributed by atoms with Crippen LogP contribution in [0.4, 0.5) is 11.6 Å². The lowest BCUT2D eigenvalue weighted by atomic mass is 9.92. The monoisotopic (exact) mass is 265 g/mol. The van der Waals surface area contributed by atoms with E-state index in [0.717, 1.165) is 18.8 Å². The zero-order chi connectivity index (χ0) is 14.3. The van der Waals surface area contributed by atoms with E-state index in [1.165, 1.54) is 0 Å². The topological polar surface area (TPSA) is 78.9 Å². The van der Waals surface area contributed by atoms with Crippen LogP contribution in [0, 0.1) is 5.41 Å². The highest BCUT2D eigenvalue weighted by atomic mass is 16.2. The minimum absolute atomic E-state index is 0.00628. The molecule has 0 saturated heterocycles. The minimum atomic E-state index is -0.497. The molecule has 0 unspecified atom stereocenters. The molecule has 0 aromatic carbocycles. The van der Waals surface area contributed by atoms with E-state index in [1.807, 2.05) is 13.8 Å². The van der Waals surface area contributed by atoms with Crippen molar-refractivity contribution in [2.75, 3.05) is 30.8 Å². The van der Waals surface area contributed by atoms with Gasteiger partial charge in [-0.3, -0.25) is 9.78 Å². The smallest absolute Gasteiger partial charge is 0.227 e. The average molecular weight is 265 g/mol. The van der Waals surface area contributed by atoms with Gasteiger partial charge in [-0.05, 0) is 20.3 Å². The van der Waals surface area contributed by atoms with Crippen LogP contribution in [0.5, 0.6) is 0 Å². The summed E-state index contributed by atoms with van der Waals surface area (Å²) in [6.07, 6.45) is 4.37. The van der Waals surface area contributed by atoms with Gasteiger partial charge in [0.05, 0.1) is 17.8 Å². The van der Waals surface area contributed by atoms with E-state index in [9.17, 15) is 4.79 Å². The van der Waals surface area contributed by atoms with Crippen molar-refractivity contribution >= 4 is 17.5 Å². The van der Waals surface area contributed by atoms with Crippen molar-refractivity contribution in [1.82, 2.24) is 15.3 Å². The average Bonchev–Trinajstić information content (AvgIpc) is 2.42. The Morgan fingerprint density at radius 2 is 1.89 bits per heavy atom. The molecule has 0 saturated carbocycles. The maximum atomic E-state index is 11.7. The Morgan fingerprint density at radius 1 is 1.26 bits per heavy atom. The molecule has 106 valence electrons. The van der Waals surface area contributed by atoms with Crippen LogP contribution in [-0.2, 0) is 4.79 Å². The van der Waals surface area contributed by atoms with E-state index in [2.05, 4.69) is 32.8 Å². The summed E-state index contributed by atoms with van der Waals surface area (Å²) in [7, 11) is 1.64. The second-order valence-electron chi connectivity index (χ2n) is 5.03. The first-order valence-corrected chi connectivity index (χ1v) is 6.51. The fourth-order valence-electron chi connectivity index (χ4n) is 1.52. The Labute approximate surface area is 114 Å². The number of carbonyl (C=O) groups is 1. The molecule has 0 spiro atoms. The maximum Gasteiger partial charge on any atom is 0.227 e. The van der Waals surface area contributed by atoms with Crippen LogP contribution in [-0.4, -0.2) is 36.0 Å². The van der Waals surface area contributed by atoms with Crippen LogP contribution in [0.1, 0.15) is 27.2 Å². The van der Waals surface area contributed by atoms with Crippen molar-refractivity contribution < 1.29 is 4.79 Å². The molecular formula is C13H23N5O. The molecule has 1 heterocycles. The molecular weight excluding hydrogens is 242 g/mol. The van der Waals surface area contributed by atoms with E-state index in [0.29, 0.717) is 12.4 Å². The van der Waals surface area contributed by atoms with Gasteiger partial charge in [-0.25, -0.2) is 4.98 Å².